The molecular weight excluding hydrogens is 661 g/mol. The highest BCUT2D eigenvalue weighted by Crippen LogP contribution is 2.16. The average Bonchev–Trinajstić information content (AvgIpc) is 3.14. The highest BCUT2D eigenvalue weighted by Gasteiger charge is 2.19. The van der Waals surface area contributed by atoms with Crippen LogP contribution in [-0.4, -0.2) is 37.2 Å². The second-order valence-corrected chi connectivity index (χ2v) is 16.5. The highest BCUT2D eigenvalue weighted by molar-refractivity contribution is 5.71. The van der Waals surface area contributed by atoms with Gasteiger partial charge in [0.15, 0.2) is 6.10 Å². The van der Waals surface area contributed by atoms with Crippen molar-refractivity contribution in [2.24, 2.45) is 5.92 Å². The Bertz CT molecular complexity index is 796. The predicted octanol–water partition coefficient (Wildman–Crippen LogP) is 14.7. The first-order chi connectivity index (χ1) is 25.9. The van der Waals surface area contributed by atoms with Gasteiger partial charge < -0.3 is 14.2 Å². The predicted molar refractivity (Wildman–Crippen MR) is 224 cm³/mol. The lowest BCUT2D eigenvalue weighted by atomic mass is 10.0. The summed E-state index contributed by atoms with van der Waals surface area (Å²) in [5.41, 5.74) is 0. The van der Waals surface area contributed by atoms with Gasteiger partial charge in [0.2, 0.25) is 0 Å². The molecule has 0 amide bonds. The number of carbonyl (C=O) groups is 3. The molecule has 0 aromatic heterocycles. The molecule has 0 fully saturated rings. The van der Waals surface area contributed by atoms with E-state index in [-0.39, 0.29) is 31.1 Å². The Labute approximate surface area is 329 Å². The number of hydrogen-bond acceptors (Lipinski definition) is 6. The largest absolute Gasteiger partial charge is 0.462 e. The van der Waals surface area contributed by atoms with E-state index >= 15 is 0 Å². The van der Waals surface area contributed by atoms with Gasteiger partial charge >= 0.3 is 17.9 Å². The zero-order valence-electron chi connectivity index (χ0n) is 36.0. The van der Waals surface area contributed by atoms with Gasteiger partial charge in [0.1, 0.15) is 13.2 Å². The molecule has 53 heavy (non-hydrogen) atoms. The summed E-state index contributed by atoms with van der Waals surface area (Å²) in [4.78, 5) is 37.5. The van der Waals surface area contributed by atoms with Crippen molar-refractivity contribution in [1.29, 1.82) is 0 Å². The maximum absolute atomic E-state index is 12.7. The van der Waals surface area contributed by atoms with Crippen LogP contribution in [0.3, 0.4) is 0 Å². The van der Waals surface area contributed by atoms with Crippen LogP contribution in [0.15, 0.2) is 0 Å². The number of ether oxygens (including phenoxy) is 3. The molecule has 0 rings (SSSR count). The van der Waals surface area contributed by atoms with Crippen molar-refractivity contribution >= 4 is 17.9 Å². The van der Waals surface area contributed by atoms with E-state index < -0.39 is 6.10 Å². The fourth-order valence-electron chi connectivity index (χ4n) is 6.98. The summed E-state index contributed by atoms with van der Waals surface area (Å²) in [6.45, 7) is 8.91. The molecule has 6 nitrogen and oxygen atoms in total. The quantitative estimate of drug-likeness (QED) is 0.0351. The van der Waals surface area contributed by atoms with Crippen LogP contribution >= 0.6 is 0 Å². The van der Waals surface area contributed by atoms with Gasteiger partial charge in [-0.15, -0.1) is 0 Å². The molecule has 0 aromatic rings. The lowest BCUT2D eigenvalue weighted by molar-refractivity contribution is -0.167. The number of unbranched alkanes of at least 4 members (excludes halogenated alkanes) is 29. The standard InChI is InChI=1S/C47H90O6/c1-5-7-9-11-12-13-14-15-16-17-18-19-20-25-28-32-36-40-47(50)53-44(41-51-45(48)38-34-29-10-8-6-2)42-52-46(49)39-35-31-27-24-22-21-23-26-30-33-37-43(3)4/h43-44H,5-42H2,1-4H3/t44-/m1/s1. The third-order valence-electron chi connectivity index (χ3n) is 10.5. The monoisotopic (exact) mass is 751 g/mol. The van der Waals surface area contributed by atoms with Crippen LogP contribution in [0.1, 0.15) is 259 Å². The van der Waals surface area contributed by atoms with Crippen LogP contribution in [-0.2, 0) is 28.6 Å². The topological polar surface area (TPSA) is 78.9 Å². The third kappa shape index (κ3) is 41.4. The Balaban J connectivity index is 4.15. The molecule has 0 aliphatic carbocycles. The van der Waals surface area contributed by atoms with E-state index in [1.807, 2.05) is 0 Å². The van der Waals surface area contributed by atoms with Crippen molar-refractivity contribution in [3.05, 3.63) is 0 Å². The lowest BCUT2D eigenvalue weighted by Crippen LogP contribution is -2.30. The SMILES string of the molecule is CCCCCCCCCCCCCCCCCCCC(=O)O[C@H](COC(=O)CCCCCCC)COC(=O)CCCCCCCCCCCCC(C)C. The van der Waals surface area contributed by atoms with Gasteiger partial charge in [0.05, 0.1) is 0 Å². The Morgan fingerprint density at radius 2 is 0.623 bits per heavy atom. The van der Waals surface area contributed by atoms with E-state index in [2.05, 4.69) is 27.7 Å². The fraction of sp³-hybridized carbons (Fsp3) is 0.936. The summed E-state index contributed by atoms with van der Waals surface area (Å²) >= 11 is 0. The first-order valence-electron chi connectivity index (χ1n) is 23.4. The molecule has 314 valence electrons. The van der Waals surface area contributed by atoms with Crippen LogP contribution < -0.4 is 0 Å². The van der Waals surface area contributed by atoms with Crippen LogP contribution in [0.5, 0.6) is 0 Å². The van der Waals surface area contributed by atoms with Crippen molar-refractivity contribution in [1.82, 2.24) is 0 Å². The maximum atomic E-state index is 12.7. The molecule has 1 atom stereocenters. The van der Waals surface area contributed by atoms with E-state index in [9.17, 15) is 14.4 Å². The van der Waals surface area contributed by atoms with E-state index in [0.717, 1.165) is 70.1 Å². The second-order valence-electron chi connectivity index (χ2n) is 16.5. The summed E-state index contributed by atoms with van der Waals surface area (Å²) in [6.07, 6.45) is 41.2. The minimum Gasteiger partial charge on any atom is -0.462 e. The smallest absolute Gasteiger partial charge is 0.306 e. The van der Waals surface area contributed by atoms with Gasteiger partial charge in [-0.05, 0) is 25.2 Å². The molecule has 0 bridgehead atoms. The summed E-state index contributed by atoms with van der Waals surface area (Å²) in [5, 5.41) is 0. The Morgan fingerprint density at radius 1 is 0.358 bits per heavy atom. The summed E-state index contributed by atoms with van der Waals surface area (Å²) in [7, 11) is 0. The number of esters is 3. The van der Waals surface area contributed by atoms with Crippen molar-refractivity contribution in [2.75, 3.05) is 13.2 Å². The molecule has 0 unspecified atom stereocenters. The van der Waals surface area contributed by atoms with E-state index in [1.165, 1.54) is 148 Å². The van der Waals surface area contributed by atoms with Crippen molar-refractivity contribution in [2.45, 2.75) is 265 Å². The van der Waals surface area contributed by atoms with Gasteiger partial charge in [-0.25, -0.2) is 0 Å². The van der Waals surface area contributed by atoms with Gasteiger partial charge in [-0.2, -0.15) is 0 Å². The number of carbonyl (C=O) groups excluding carboxylic acids is 3. The first kappa shape index (κ1) is 51.4. The molecule has 0 radical (unpaired) electrons. The maximum Gasteiger partial charge on any atom is 0.306 e. The molecule has 0 aromatic carbocycles. The molecule has 6 heteroatoms. The molecule has 0 heterocycles. The van der Waals surface area contributed by atoms with E-state index in [0.29, 0.717) is 19.3 Å². The van der Waals surface area contributed by atoms with Gasteiger partial charge in [0, 0.05) is 19.3 Å². The molecule has 0 saturated carbocycles. The van der Waals surface area contributed by atoms with Crippen molar-refractivity contribution in [3.63, 3.8) is 0 Å². The average molecular weight is 751 g/mol. The van der Waals surface area contributed by atoms with E-state index in [4.69, 9.17) is 14.2 Å². The zero-order valence-corrected chi connectivity index (χ0v) is 36.0. The lowest BCUT2D eigenvalue weighted by Gasteiger charge is -2.18. The second kappa shape index (κ2) is 41.6. The third-order valence-corrected chi connectivity index (χ3v) is 10.5. The highest BCUT2D eigenvalue weighted by atomic mass is 16.6. The Kier molecular flexibility index (Phi) is 40.3. The number of hydrogen-bond donors (Lipinski definition) is 0. The number of rotatable bonds is 42. The Hall–Kier alpha value is -1.59. The molecule has 0 aliphatic rings. The van der Waals surface area contributed by atoms with Gasteiger partial charge in [0.25, 0.3) is 0 Å². The van der Waals surface area contributed by atoms with Crippen LogP contribution in [0.25, 0.3) is 0 Å². The molecule has 0 aliphatic heterocycles. The minimum atomic E-state index is -0.758. The van der Waals surface area contributed by atoms with Gasteiger partial charge in [-0.1, -0.05) is 220 Å². The summed E-state index contributed by atoms with van der Waals surface area (Å²) in [5.74, 6) is -0.0481. The van der Waals surface area contributed by atoms with Crippen molar-refractivity contribution < 1.29 is 28.6 Å². The first-order valence-corrected chi connectivity index (χ1v) is 23.4. The fourth-order valence-corrected chi connectivity index (χ4v) is 6.98. The van der Waals surface area contributed by atoms with Crippen LogP contribution in [0, 0.1) is 5.92 Å². The summed E-state index contributed by atoms with van der Waals surface area (Å²) < 4.78 is 16.6. The molecule has 0 saturated heterocycles. The van der Waals surface area contributed by atoms with E-state index in [1.54, 1.807) is 0 Å². The van der Waals surface area contributed by atoms with Crippen LogP contribution in [0.2, 0.25) is 0 Å². The Morgan fingerprint density at radius 3 is 0.925 bits per heavy atom. The molecule has 0 spiro atoms. The zero-order chi connectivity index (χ0) is 38.9. The molecule has 0 N–H and O–H groups in total. The molecular formula is C47H90O6. The van der Waals surface area contributed by atoms with Crippen LogP contribution in [0.4, 0.5) is 0 Å². The van der Waals surface area contributed by atoms with Gasteiger partial charge in [-0.3, -0.25) is 14.4 Å². The van der Waals surface area contributed by atoms with Crippen molar-refractivity contribution in [3.8, 4) is 0 Å². The normalized spacial score (nSPS) is 11.9. The minimum absolute atomic E-state index is 0.0649. The summed E-state index contributed by atoms with van der Waals surface area (Å²) in [6, 6.07) is 0.